The summed E-state index contributed by atoms with van der Waals surface area (Å²) < 4.78 is 37.8. The predicted molar refractivity (Wildman–Crippen MR) is 67.3 cm³/mol. The molecule has 0 radical (unpaired) electrons. The molecule has 0 aromatic carbocycles. The number of nitrogens with one attached hydrogen (secondary N) is 1. The third kappa shape index (κ3) is 3.25. The van der Waals surface area contributed by atoms with Gasteiger partial charge in [-0.1, -0.05) is 0 Å². The van der Waals surface area contributed by atoms with E-state index in [9.17, 15) is 22.8 Å². The maximum absolute atomic E-state index is 12.6. The summed E-state index contributed by atoms with van der Waals surface area (Å²) in [6.45, 7) is 1.41. The molecule has 21 heavy (non-hydrogen) atoms. The molecule has 5 nitrogen and oxygen atoms in total. The minimum absolute atomic E-state index is 0.00237. The Bertz CT molecular complexity index is 602. The molecule has 1 saturated carbocycles. The van der Waals surface area contributed by atoms with Gasteiger partial charge in [0.1, 0.15) is 11.4 Å². The van der Waals surface area contributed by atoms with E-state index in [4.69, 9.17) is 5.11 Å². The zero-order valence-electron chi connectivity index (χ0n) is 11.3. The Labute approximate surface area is 118 Å². The number of carbonyl (C=O) groups is 1. The van der Waals surface area contributed by atoms with Crippen molar-refractivity contribution < 1.29 is 23.1 Å². The number of alkyl halides is 3. The Kier molecular flexibility index (Phi) is 4.06. The maximum Gasteiger partial charge on any atom is 0.391 e. The van der Waals surface area contributed by atoms with Gasteiger partial charge in [0.15, 0.2) is 0 Å². The summed E-state index contributed by atoms with van der Waals surface area (Å²) in [5, 5.41) is 8.89. The van der Waals surface area contributed by atoms with Crippen LogP contribution in [-0.4, -0.2) is 27.2 Å². The summed E-state index contributed by atoms with van der Waals surface area (Å²) in [4.78, 5) is 29.1. The molecular weight excluding hydrogens is 289 g/mol. The van der Waals surface area contributed by atoms with Crippen LogP contribution in [0.4, 0.5) is 13.2 Å². The van der Waals surface area contributed by atoms with E-state index < -0.39 is 29.2 Å². The number of hydrogen-bond donors (Lipinski definition) is 2. The average Bonchev–Trinajstić information content (AvgIpc) is 2.36. The Morgan fingerprint density at radius 2 is 1.86 bits per heavy atom. The molecule has 1 aromatic heterocycles. The van der Waals surface area contributed by atoms with Gasteiger partial charge in [-0.25, -0.2) is 9.78 Å². The number of aromatic carboxylic acids is 1. The van der Waals surface area contributed by atoms with Gasteiger partial charge in [0.05, 0.1) is 11.6 Å². The molecule has 0 atom stereocenters. The van der Waals surface area contributed by atoms with Crippen molar-refractivity contribution in [3.05, 3.63) is 27.4 Å². The van der Waals surface area contributed by atoms with Gasteiger partial charge in [-0.3, -0.25) is 4.79 Å². The molecule has 0 amide bonds. The van der Waals surface area contributed by atoms with Crippen molar-refractivity contribution in [1.82, 2.24) is 9.97 Å². The summed E-state index contributed by atoms with van der Waals surface area (Å²) in [5.74, 6) is -2.66. The number of halogens is 3. The second-order valence-corrected chi connectivity index (χ2v) is 5.31. The Balaban J connectivity index is 2.18. The first kappa shape index (κ1) is 15.5. The molecule has 0 aliphatic heterocycles. The van der Waals surface area contributed by atoms with Crippen LogP contribution in [0.3, 0.4) is 0 Å². The standard InChI is InChI=1S/C13H15F3N2O3/c1-6-9(12(20)21)11(19)18-10(17-6)7-2-4-8(5-3-7)13(14,15)16/h7-8H,2-5H2,1H3,(H,20,21)(H,17,18,19). The molecule has 1 aromatic rings. The van der Waals surface area contributed by atoms with Crippen molar-refractivity contribution in [2.75, 3.05) is 0 Å². The van der Waals surface area contributed by atoms with E-state index in [1.165, 1.54) is 6.92 Å². The predicted octanol–water partition coefficient (Wildman–Crippen LogP) is 2.61. The molecule has 2 N–H and O–H groups in total. The van der Waals surface area contributed by atoms with Gasteiger partial charge in [0.25, 0.3) is 5.56 Å². The highest BCUT2D eigenvalue weighted by Crippen LogP contribution is 2.41. The summed E-state index contributed by atoms with van der Waals surface area (Å²) in [6.07, 6.45) is -3.64. The van der Waals surface area contributed by atoms with Crippen molar-refractivity contribution in [3.8, 4) is 0 Å². The molecule has 1 heterocycles. The SMILES string of the molecule is Cc1nc(C2CCC(C(F)(F)F)CC2)[nH]c(=O)c1C(=O)O. The topological polar surface area (TPSA) is 83.0 Å². The van der Waals surface area contributed by atoms with Crippen LogP contribution >= 0.6 is 0 Å². The fourth-order valence-corrected chi connectivity index (χ4v) is 2.75. The lowest BCUT2D eigenvalue weighted by atomic mass is 9.81. The smallest absolute Gasteiger partial charge is 0.391 e. The fourth-order valence-electron chi connectivity index (χ4n) is 2.75. The van der Waals surface area contributed by atoms with Crippen molar-refractivity contribution >= 4 is 5.97 Å². The van der Waals surface area contributed by atoms with Crippen molar-refractivity contribution in [2.24, 2.45) is 5.92 Å². The zero-order chi connectivity index (χ0) is 15.8. The van der Waals surface area contributed by atoms with Crippen LogP contribution in [0.15, 0.2) is 4.79 Å². The van der Waals surface area contributed by atoms with Crippen molar-refractivity contribution in [2.45, 2.75) is 44.7 Å². The highest BCUT2D eigenvalue weighted by molar-refractivity contribution is 5.88. The first-order valence-corrected chi connectivity index (χ1v) is 6.61. The van der Waals surface area contributed by atoms with E-state index in [2.05, 4.69) is 9.97 Å². The molecule has 1 fully saturated rings. The van der Waals surface area contributed by atoms with E-state index in [1.54, 1.807) is 0 Å². The number of rotatable bonds is 2. The van der Waals surface area contributed by atoms with E-state index >= 15 is 0 Å². The molecule has 0 unspecified atom stereocenters. The molecule has 116 valence electrons. The molecule has 1 aliphatic rings. The Morgan fingerprint density at radius 1 is 1.29 bits per heavy atom. The van der Waals surface area contributed by atoms with Gasteiger partial charge in [-0.15, -0.1) is 0 Å². The van der Waals surface area contributed by atoms with E-state index in [1.807, 2.05) is 0 Å². The Hall–Kier alpha value is -1.86. The lowest BCUT2D eigenvalue weighted by molar-refractivity contribution is -0.182. The second kappa shape index (κ2) is 5.50. The second-order valence-electron chi connectivity index (χ2n) is 5.31. The van der Waals surface area contributed by atoms with Crippen LogP contribution in [0.2, 0.25) is 0 Å². The lowest BCUT2D eigenvalue weighted by Gasteiger charge is -2.29. The van der Waals surface area contributed by atoms with Crippen molar-refractivity contribution in [1.29, 1.82) is 0 Å². The fraction of sp³-hybridized carbons (Fsp3) is 0.615. The largest absolute Gasteiger partial charge is 0.477 e. The van der Waals surface area contributed by atoms with E-state index in [-0.39, 0.29) is 43.1 Å². The molecule has 0 spiro atoms. The van der Waals surface area contributed by atoms with Gasteiger partial charge in [0.2, 0.25) is 0 Å². The number of nitrogens with zero attached hydrogens (tertiary/aromatic N) is 1. The molecule has 2 rings (SSSR count). The normalized spacial score (nSPS) is 23.0. The first-order chi connectivity index (χ1) is 9.70. The van der Waals surface area contributed by atoms with Crippen LogP contribution in [0, 0.1) is 12.8 Å². The summed E-state index contributed by atoms with van der Waals surface area (Å²) in [6, 6.07) is 0. The quantitative estimate of drug-likeness (QED) is 0.879. The van der Waals surface area contributed by atoms with E-state index in [0.29, 0.717) is 0 Å². The monoisotopic (exact) mass is 304 g/mol. The molecule has 1 aliphatic carbocycles. The third-order valence-corrected chi connectivity index (χ3v) is 3.91. The zero-order valence-corrected chi connectivity index (χ0v) is 11.3. The minimum Gasteiger partial charge on any atom is -0.477 e. The minimum atomic E-state index is -4.19. The maximum atomic E-state index is 12.6. The third-order valence-electron chi connectivity index (χ3n) is 3.91. The Morgan fingerprint density at radius 3 is 2.29 bits per heavy atom. The number of aromatic nitrogens is 2. The summed E-state index contributed by atoms with van der Waals surface area (Å²) in [5.41, 5.74) is -1.11. The highest BCUT2D eigenvalue weighted by Gasteiger charge is 2.42. The van der Waals surface area contributed by atoms with Crippen LogP contribution in [0.25, 0.3) is 0 Å². The van der Waals surface area contributed by atoms with Crippen LogP contribution in [0.1, 0.15) is 53.5 Å². The van der Waals surface area contributed by atoms with Gasteiger partial charge in [-0.2, -0.15) is 13.2 Å². The number of aryl methyl sites for hydroxylation is 1. The highest BCUT2D eigenvalue weighted by atomic mass is 19.4. The van der Waals surface area contributed by atoms with Crippen molar-refractivity contribution in [3.63, 3.8) is 0 Å². The lowest BCUT2D eigenvalue weighted by Crippen LogP contribution is -2.29. The van der Waals surface area contributed by atoms with Gasteiger partial charge in [-0.05, 0) is 32.6 Å². The van der Waals surface area contributed by atoms with E-state index in [0.717, 1.165) is 0 Å². The first-order valence-electron chi connectivity index (χ1n) is 6.61. The van der Waals surface area contributed by atoms with Gasteiger partial charge < -0.3 is 10.1 Å². The molecular formula is C13H15F3N2O3. The molecule has 0 bridgehead atoms. The van der Waals surface area contributed by atoms with Crippen LogP contribution in [-0.2, 0) is 0 Å². The van der Waals surface area contributed by atoms with Gasteiger partial charge in [0, 0.05) is 5.92 Å². The summed E-state index contributed by atoms with van der Waals surface area (Å²) >= 11 is 0. The molecule has 0 saturated heterocycles. The van der Waals surface area contributed by atoms with Crippen LogP contribution in [0.5, 0.6) is 0 Å². The van der Waals surface area contributed by atoms with Crippen LogP contribution < -0.4 is 5.56 Å². The number of H-pyrrole nitrogens is 1. The summed E-state index contributed by atoms with van der Waals surface area (Å²) in [7, 11) is 0. The number of carboxylic acid groups (broad SMARTS) is 1. The number of aromatic amines is 1. The average molecular weight is 304 g/mol. The van der Waals surface area contributed by atoms with Gasteiger partial charge >= 0.3 is 12.1 Å². The number of hydrogen-bond acceptors (Lipinski definition) is 3. The number of carboxylic acids is 1. The molecule has 8 heteroatoms.